The molecule has 0 saturated heterocycles. The van der Waals surface area contributed by atoms with Crippen LogP contribution in [0.4, 0.5) is 0 Å². The highest BCUT2D eigenvalue weighted by Crippen LogP contribution is 2.46. The number of rotatable bonds is 2. The molecular formula is C14H24N2O2S. The molecule has 2 aliphatic carbocycles. The Hall–Kier alpha value is -0.260. The summed E-state index contributed by atoms with van der Waals surface area (Å²) in [7, 11) is 0. The van der Waals surface area contributed by atoms with Gasteiger partial charge in [-0.1, -0.05) is 25.6 Å². The number of nitrogens with one attached hydrogen (secondary N) is 1. The average molecular weight is 284 g/mol. The van der Waals surface area contributed by atoms with Gasteiger partial charge in [-0.25, -0.2) is 4.99 Å². The molecule has 4 nitrogen and oxygen atoms in total. The number of thioether (sulfide) groups is 1. The number of hydrogen-bond acceptors (Lipinski definition) is 5. The summed E-state index contributed by atoms with van der Waals surface area (Å²) in [5.41, 5.74) is 0. The van der Waals surface area contributed by atoms with Crippen LogP contribution in [0, 0.1) is 17.8 Å². The molecule has 1 heterocycles. The molecule has 3 N–H and O–H groups in total. The van der Waals surface area contributed by atoms with Crippen LogP contribution in [0.3, 0.4) is 0 Å². The van der Waals surface area contributed by atoms with Crippen molar-refractivity contribution in [2.45, 2.75) is 63.2 Å². The van der Waals surface area contributed by atoms with Crippen molar-refractivity contribution in [1.82, 2.24) is 5.32 Å². The lowest BCUT2D eigenvalue weighted by Crippen LogP contribution is -2.40. The van der Waals surface area contributed by atoms with Crippen molar-refractivity contribution in [3.05, 3.63) is 0 Å². The lowest BCUT2D eigenvalue weighted by atomic mass is 9.93. The van der Waals surface area contributed by atoms with E-state index in [1.54, 1.807) is 11.8 Å². The second kappa shape index (κ2) is 4.64. The highest BCUT2D eigenvalue weighted by atomic mass is 32.2. The van der Waals surface area contributed by atoms with Gasteiger partial charge in [0.1, 0.15) is 0 Å². The highest BCUT2D eigenvalue weighted by Gasteiger charge is 2.48. The smallest absolute Gasteiger partial charge is 0.163 e. The standard InChI is InChI=1S/C14H24N2O2S/c1-7(2)14(3)12(18)16-13(19-14)15-10-5-9-4-8(10)6-11(9)17/h7-12,17-18H,4-6H2,1-3H3,(H,15,16). The summed E-state index contributed by atoms with van der Waals surface area (Å²) in [6.07, 6.45) is 2.39. The first-order valence-corrected chi connectivity index (χ1v) is 8.11. The topological polar surface area (TPSA) is 64.8 Å². The van der Waals surface area contributed by atoms with Crippen LogP contribution in [0.1, 0.15) is 40.0 Å². The van der Waals surface area contributed by atoms with Gasteiger partial charge in [-0.2, -0.15) is 0 Å². The zero-order valence-corrected chi connectivity index (χ0v) is 12.7. The molecule has 1 aliphatic heterocycles. The van der Waals surface area contributed by atoms with Gasteiger partial charge in [-0.05, 0) is 43.9 Å². The molecule has 6 atom stereocenters. The van der Waals surface area contributed by atoms with Crippen LogP contribution in [0.5, 0.6) is 0 Å². The van der Waals surface area contributed by atoms with Crippen molar-refractivity contribution in [1.29, 1.82) is 0 Å². The van der Waals surface area contributed by atoms with Crippen molar-refractivity contribution in [3.63, 3.8) is 0 Å². The first kappa shape index (κ1) is 13.7. The number of amidine groups is 1. The largest absolute Gasteiger partial charge is 0.393 e. The van der Waals surface area contributed by atoms with Crippen LogP contribution in [0.25, 0.3) is 0 Å². The molecule has 0 amide bonds. The summed E-state index contributed by atoms with van der Waals surface area (Å²) >= 11 is 1.67. The maximum Gasteiger partial charge on any atom is 0.163 e. The van der Waals surface area contributed by atoms with Gasteiger partial charge in [0.2, 0.25) is 0 Å². The Kier molecular flexibility index (Phi) is 3.35. The molecule has 3 aliphatic rings. The minimum absolute atomic E-state index is 0.0901. The minimum Gasteiger partial charge on any atom is -0.393 e. The van der Waals surface area contributed by atoms with Gasteiger partial charge in [0.05, 0.1) is 10.9 Å². The van der Waals surface area contributed by atoms with Crippen molar-refractivity contribution in [2.24, 2.45) is 22.7 Å². The van der Waals surface area contributed by atoms with Crippen LogP contribution in [0.15, 0.2) is 4.99 Å². The fourth-order valence-corrected chi connectivity index (χ4v) is 4.76. The molecule has 0 aromatic rings. The second-order valence-corrected chi connectivity index (χ2v) is 8.26. The van der Waals surface area contributed by atoms with Crippen molar-refractivity contribution < 1.29 is 10.2 Å². The first-order valence-electron chi connectivity index (χ1n) is 7.29. The van der Waals surface area contributed by atoms with Crippen LogP contribution in [-0.4, -0.2) is 38.5 Å². The van der Waals surface area contributed by atoms with E-state index in [-0.39, 0.29) is 10.9 Å². The van der Waals surface area contributed by atoms with E-state index in [9.17, 15) is 10.2 Å². The third-order valence-electron chi connectivity index (χ3n) is 5.34. The van der Waals surface area contributed by atoms with Gasteiger partial charge in [-0.3, -0.25) is 0 Å². The van der Waals surface area contributed by atoms with Gasteiger partial charge < -0.3 is 15.5 Å². The molecule has 2 fully saturated rings. The van der Waals surface area contributed by atoms with E-state index in [0.29, 0.717) is 23.8 Å². The van der Waals surface area contributed by atoms with Crippen LogP contribution in [0.2, 0.25) is 0 Å². The number of fused-ring (bicyclic) bond motifs is 2. The Morgan fingerprint density at radius 2 is 2.00 bits per heavy atom. The molecule has 0 radical (unpaired) electrons. The molecule has 19 heavy (non-hydrogen) atoms. The van der Waals surface area contributed by atoms with Crippen LogP contribution < -0.4 is 5.32 Å². The Bertz CT molecular complexity index is 399. The Balaban J connectivity index is 1.62. The first-order chi connectivity index (χ1) is 8.90. The number of aliphatic hydroxyl groups excluding tert-OH is 2. The summed E-state index contributed by atoms with van der Waals surface area (Å²) in [5, 5.41) is 24.3. The highest BCUT2D eigenvalue weighted by molar-refractivity contribution is 8.15. The summed E-state index contributed by atoms with van der Waals surface area (Å²) in [6.45, 7) is 6.33. The zero-order valence-electron chi connectivity index (χ0n) is 11.8. The van der Waals surface area contributed by atoms with E-state index < -0.39 is 6.23 Å². The quantitative estimate of drug-likeness (QED) is 0.720. The lowest BCUT2D eigenvalue weighted by molar-refractivity contribution is 0.105. The van der Waals surface area contributed by atoms with Gasteiger partial charge in [0.25, 0.3) is 0 Å². The van der Waals surface area contributed by atoms with E-state index in [1.807, 2.05) is 0 Å². The fourth-order valence-electron chi connectivity index (χ4n) is 3.59. The number of aliphatic imine (C=N–C) groups is 1. The predicted molar refractivity (Wildman–Crippen MR) is 78.0 cm³/mol. The molecular weight excluding hydrogens is 260 g/mol. The minimum atomic E-state index is -0.621. The third-order valence-corrected chi connectivity index (χ3v) is 6.88. The average Bonchev–Trinajstić information content (AvgIpc) is 2.94. The van der Waals surface area contributed by atoms with Gasteiger partial charge in [-0.15, -0.1) is 0 Å². The normalized spacial score (nSPS) is 48.9. The Labute approximate surface area is 119 Å². The van der Waals surface area contributed by atoms with E-state index in [2.05, 4.69) is 31.1 Å². The summed E-state index contributed by atoms with van der Waals surface area (Å²) in [4.78, 5) is 4.39. The van der Waals surface area contributed by atoms with Crippen molar-refractivity contribution in [3.8, 4) is 0 Å². The van der Waals surface area contributed by atoms with E-state index in [4.69, 9.17) is 0 Å². The van der Waals surface area contributed by atoms with E-state index in [0.717, 1.165) is 24.4 Å². The Morgan fingerprint density at radius 1 is 1.26 bits per heavy atom. The van der Waals surface area contributed by atoms with Crippen molar-refractivity contribution in [2.75, 3.05) is 0 Å². The predicted octanol–water partition coefficient (Wildman–Crippen LogP) is 1.57. The molecule has 0 aromatic carbocycles. The molecule has 3 rings (SSSR count). The summed E-state index contributed by atoms with van der Waals surface area (Å²) in [5.74, 6) is 1.42. The van der Waals surface area contributed by atoms with Crippen LogP contribution >= 0.6 is 11.8 Å². The Morgan fingerprint density at radius 3 is 2.47 bits per heavy atom. The van der Waals surface area contributed by atoms with E-state index >= 15 is 0 Å². The summed E-state index contributed by atoms with van der Waals surface area (Å²) in [6, 6.07) is 0.432. The van der Waals surface area contributed by atoms with Gasteiger partial charge in [0.15, 0.2) is 11.4 Å². The maximum atomic E-state index is 10.1. The van der Waals surface area contributed by atoms with Crippen molar-refractivity contribution >= 4 is 16.9 Å². The van der Waals surface area contributed by atoms with E-state index in [1.165, 1.54) is 0 Å². The number of nitrogens with zero attached hydrogens (tertiary/aromatic N) is 1. The molecule has 2 bridgehead atoms. The number of hydrogen-bond donors (Lipinski definition) is 3. The summed E-state index contributed by atoms with van der Waals surface area (Å²) < 4.78 is -0.223. The van der Waals surface area contributed by atoms with Crippen LogP contribution in [-0.2, 0) is 0 Å². The molecule has 6 unspecified atom stereocenters. The second-order valence-electron chi connectivity index (χ2n) is 6.79. The zero-order chi connectivity index (χ0) is 13.8. The van der Waals surface area contributed by atoms with Gasteiger partial charge >= 0.3 is 0 Å². The monoisotopic (exact) mass is 284 g/mol. The maximum absolute atomic E-state index is 10.1. The molecule has 2 saturated carbocycles. The fraction of sp³-hybridized carbons (Fsp3) is 0.929. The molecule has 0 aromatic heterocycles. The third kappa shape index (κ3) is 2.20. The molecule has 108 valence electrons. The molecule has 0 spiro atoms. The molecule has 5 heteroatoms. The SMILES string of the molecule is CC(C)C1(C)SC(NC2CC3CC2CC3O)=NC1O. The lowest BCUT2D eigenvalue weighted by Gasteiger charge is -2.30. The number of aliphatic hydroxyl groups is 2. The van der Waals surface area contributed by atoms with Gasteiger partial charge in [0, 0.05) is 6.04 Å².